The van der Waals surface area contributed by atoms with E-state index in [1.54, 1.807) is 38.3 Å². The molecule has 0 fully saturated rings. The van der Waals surface area contributed by atoms with Crippen molar-refractivity contribution in [3.8, 4) is 11.5 Å². The maximum atomic E-state index is 12.3. The van der Waals surface area contributed by atoms with E-state index in [-0.39, 0.29) is 11.3 Å². The van der Waals surface area contributed by atoms with Crippen LogP contribution in [-0.4, -0.2) is 25.7 Å². The molecule has 0 bridgehead atoms. The smallest absolute Gasteiger partial charge is 0.260 e. The van der Waals surface area contributed by atoms with Crippen molar-refractivity contribution in [2.75, 3.05) is 13.7 Å². The van der Waals surface area contributed by atoms with Crippen LogP contribution in [0.3, 0.4) is 0 Å². The summed E-state index contributed by atoms with van der Waals surface area (Å²) < 4.78 is 10.8. The van der Waals surface area contributed by atoms with Crippen LogP contribution in [-0.2, 0) is 10.2 Å². The molecule has 25 heavy (non-hydrogen) atoms. The fourth-order valence-corrected chi connectivity index (χ4v) is 2.49. The number of carbonyl (C=O) groups is 1. The van der Waals surface area contributed by atoms with Crippen LogP contribution in [0.25, 0.3) is 0 Å². The predicted octanol–water partition coefficient (Wildman–Crippen LogP) is 4.21. The van der Waals surface area contributed by atoms with Gasteiger partial charge in [-0.2, -0.15) is 0 Å². The molecule has 1 amide bonds. The minimum Gasteiger partial charge on any atom is -0.497 e. The maximum Gasteiger partial charge on any atom is 0.260 e. The van der Waals surface area contributed by atoms with E-state index >= 15 is 0 Å². The Hall–Kier alpha value is -2.20. The molecule has 1 unspecified atom stereocenters. The highest BCUT2D eigenvalue weighted by Crippen LogP contribution is 2.24. The van der Waals surface area contributed by atoms with Gasteiger partial charge in [-0.25, -0.2) is 0 Å². The Bertz CT molecular complexity index is 696. The van der Waals surface area contributed by atoms with Crippen LogP contribution < -0.4 is 14.8 Å². The Kier molecular flexibility index (Phi) is 6.32. The van der Waals surface area contributed by atoms with Gasteiger partial charge in [0.15, 0.2) is 6.10 Å². The van der Waals surface area contributed by atoms with E-state index in [0.717, 1.165) is 11.3 Å². The van der Waals surface area contributed by atoms with Crippen molar-refractivity contribution >= 4 is 17.5 Å². The monoisotopic (exact) mass is 361 g/mol. The maximum absolute atomic E-state index is 12.3. The summed E-state index contributed by atoms with van der Waals surface area (Å²) >= 11 is 5.93. The average Bonchev–Trinajstić information content (AvgIpc) is 2.60. The molecular weight excluding hydrogens is 338 g/mol. The van der Waals surface area contributed by atoms with Gasteiger partial charge in [0, 0.05) is 17.0 Å². The van der Waals surface area contributed by atoms with Crippen LogP contribution in [0, 0.1) is 0 Å². The summed E-state index contributed by atoms with van der Waals surface area (Å²) in [4.78, 5) is 12.3. The third-order valence-electron chi connectivity index (χ3n) is 4.07. The quantitative estimate of drug-likeness (QED) is 0.803. The van der Waals surface area contributed by atoms with Gasteiger partial charge in [0.2, 0.25) is 0 Å². The molecule has 2 aromatic carbocycles. The molecule has 1 atom stereocenters. The number of carbonyl (C=O) groups excluding carboxylic acids is 1. The fourth-order valence-electron chi connectivity index (χ4n) is 2.37. The van der Waals surface area contributed by atoms with Gasteiger partial charge in [-0.1, -0.05) is 37.6 Å². The Morgan fingerprint density at radius 1 is 1.08 bits per heavy atom. The largest absolute Gasteiger partial charge is 0.497 e. The zero-order valence-corrected chi connectivity index (χ0v) is 15.8. The number of nitrogens with one attached hydrogen (secondary N) is 1. The molecule has 134 valence electrons. The summed E-state index contributed by atoms with van der Waals surface area (Å²) in [5, 5.41) is 3.66. The molecule has 0 saturated carbocycles. The number of halogens is 1. The van der Waals surface area contributed by atoms with E-state index < -0.39 is 6.10 Å². The van der Waals surface area contributed by atoms with E-state index in [0.29, 0.717) is 17.3 Å². The average molecular weight is 362 g/mol. The second-order valence-corrected chi connectivity index (χ2v) is 6.98. The van der Waals surface area contributed by atoms with Gasteiger partial charge < -0.3 is 14.8 Å². The van der Waals surface area contributed by atoms with Crippen molar-refractivity contribution in [2.45, 2.75) is 32.3 Å². The van der Waals surface area contributed by atoms with Crippen molar-refractivity contribution in [1.29, 1.82) is 0 Å². The van der Waals surface area contributed by atoms with Crippen LogP contribution in [0.1, 0.15) is 26.3 Å². The molecule has 5 heteroatoms. The van der Waals surface area contributed by atoms with Gasteiger partial charge in [-0.05, 0) is 48.9 Å². The number of methoxy groups -OCH3 is 1. The fraction of sp³-hybridized carbons (Fsp3) is 0.350. The van der Waals surface area contributed by atoms with Gasteiger partial charge in [0.1, 0.15) is 11.5 Å². The third kappa shape index (κ3) is 5.40. The Balaban J connectivity index is 1.90. The molecule has 2 rings (SSSR count). The second kappa shape index (κ2) is 8.26. The van der Waals surface area contributed by atoms with Crippen LogP contribution in [0.5, 0.6) is 11.5 Å². The molecule has 1 N–H and O–H groups in total. The normalized spacial score (nSPS) is 12.4. The van der Waals surface area contributed by atoms with Gasteiger partial charge in [-0.3, -0.25) is 4.79 Å². The molecule has 4 nitrogen and oxygen atoms in total. The van der Waals surface area contributed by atoms with E-state index in [2.05, 4.69) is 19.2 Å². The molecule has 0 radical (unpaired) electrons. The molecular formula is C20H24ClNO3. The molecule has 0 heterocycles. The lowest BCUT2D eigenvalue weighted by Crippen LogP contribution is -2.42. The van der Waals surface area contributed by atoms with Gasteiger partial charge in [-0.15, -0.1) is 0 Å². The molecule has 0 aliphatic rings. The summed E-state index contributed by atoms with van der Waals surface area (Å²) in [6.07, 6.45) is -0.589. The topological polar surface area (TPSA) is 47.6 Å². The van der Waals surface area contributed by atoms with Crippen LogP contribution in [0.15, 0.2) is 48.5 Å². The lowest BCUT2D eigenvalue weighted by molar-refractivity contribution is -0.127. The summed E-state index contributed by atoms with van der Waals surface area (Å²) in [5.74, 6) is 1.22. The van der Waals surface area contributed by atoms with Gasteiger partial charge in [0.05, 0.1) is 7.11 Å². The van der Waals surface area contributed by atoms with E-state index in [1.165, 1.54) is 0 Å². The summed E-state index contributed by atoms with van der Waals surface area (Å²) in [6.45, 7) is 6.38. The first-order valence-electron chi connectivity index (χ1n) is 8.16. The molecule has 2 aromatic rings. The Morgan fingerprint density at radius 2 is 1.64 bits per heavy atom. The molecule has 0 aromatic heterocycles. The van der Waals surface area contributed by atoms with Gasteiger partial charge >= 0.3 is 0 Å². The lowest BCUT2D eigenvalue weighted by atomic mass is 9.84. The number of hydrogen-bond donors (Lipinski definition) is 1. The third-order valence-corrected chi connectivity index (χ3v) is 4.32. The zero-order chi connectivity index (χ0) is 18.4. The first-order chi connectivity index (χ1) is 11.8. The van der Waals surface area contributed by atoms with Crippen molar-refractivity contribution in [3.05, 3.63) is 59.1 Å². The van der Waals surface area contributed by atoms with Crippen molar-refractivity contribution in [1.82, 2.24) is 5.32 Å². The number of benzene rings is 2. The highest BCUT2D eigenvalue weighted by atomic mass is 35.5. The Morgan fingerprint density at radius 3 is 2.20 bits per heavy atom. The number of amides is 1. The molecule has 0 aliphatic carbocycles. The zero-order valence-electron chi connectivity index (χ0n) is 15.0. The molecule has 0 saturated heterocycles. The van der Waals surface area contributed by atoms with Crippen molar-refractivity contribution in [3.63, 3.8) is 0 Å². The highest BCUT2D eigenvalue weighted by molar-refractivity contribution is 6.30. The lowest BCUT2D eigenvalue weighted by Gasteiger charge is -2.26. The standard InChI is InChI=1S/C20H24ClNO3/c1-14(25-18-11-9-17(24-4)10-12-18)19(23)22-13-20(2,3)15-5-7-16(21)8-6-15/h5-12,14H,13H2,1-4H3,(H,22,23). The first-order valence-corrected chi connectivity index (χ1v) is 8.54. The minimum atomic E-state index is -0.589. The second-order valence-electron chi connectivity index (χ2n) is 6.54. The van der Waals surface area contributed by atoms with E-state index in [4.69, 9.17) is 21.1 Å². The van der Waals surface area contributed by atoms with Crippen LogP contribution in [0.2, 0.25) is 5.02 Å². The van der Waals surface area contributed by atoms with Crippen LogP contribution >= 0.6 is 11.6 Å². The molecule has 0 spiro atoms. The first kappa shape index (κ1) is 19.1. The minimum absolute atomic E-state index is 0.155. The number of ether oxygens (including phenoxy) is 2. The highest BCUT2D eigenvalue weighted by Gasteiger charge is 2.23. The van der Waals surface area contributed by atoms with Gasteiger partial charge in [0.25, 0.3) is 5.91 Å². The SMILES string of the molecule is COc1ccc(OC(C)C(=O)NCC(C)(C)c2ccc(Cl)cc2)cc1. The Labute approximate surface area is 154 Å². The van der Waals surface area contributed by atoms with Crippen LogP contribution in [0.4, 0.5) is 0 Å². The summed E-state index contributed by atoms with van der Waals surface area (Å²) in [7, 11) is 1.61. The van der Waals surface area contributed by atoms with E-state index in [9.17, 15) is 4.79 Å². The number of hydrogen-bond acceptors (Lipinski definition) is 3. The van der Waals surface area contributed by atoms with Crippen molar-refractivity contribution < 1.29 is 14.3 Å². The van der Waals surface area contributed by atoms with Crippen molar-refractivity contribution in [2.24, 2.45) is 0 Å². The predicted molar refractivity (Wildman–Crippen MR) is 101 cm³/mol. The summed E-state index contributed by atoms with van der Waals surface area (Å²) in [6, 6.07) is 14.8. The molecule has 0 aliphatic heterocycles. The number of rotatable bonds is 7. The summed E-state index contributed by atoms with van der Waals surface area (Å²) in [5.41, 5.74) is 0.904. The van der Waals surface area contributed by atoms with E-state index in [1.807, 2.05) is 24.3 Å².